The van der Waals surface area contributed by atoms with E-state index in [0.717, 1.165) is 16.7 Å². The molecular weight excluding hydrogens is 455 g/mol. The highest BCUT2D eigenvalue weighted by atomic mass is 35.5. The highest BCUT2D eigenvalue weighted by Crippen LogP contribution is 2.36. The number of nitro groups is 1. The summed E-state index contributed by atoms with van der Waals surface area (Å²) in [6, 6.07) is 3.88. The van der Waals surface area contributed by atoms with Gasteiger partial charge in [0.05, 0.1) is 22.0 Å². The van der Waals surface area contributed by atoms with Crippen LogP contribution < -0.4 is 16.6 Å². The Kier molecular flexibility index (Phi) is 5.83. The van der Waals surface area contributed by atoms with Gasteiger partial charge in [0.2, 0.25) is 0 Å². The number of aromatic nitrogens is 2. The average molecular weight is 470 g/mol. The topological polar surface area (TPSA) is 133 Å². The molecule has 3 N–H and O–H groups in total. The van der Waals surface area contributed by atoms with Crippen molar-refractivity contribution in [2.24, 2.45) is 12.8 Å². The van der Waals surface area contributed by atoms with Crippen molar-refractivity contribution in [3.8, 4) is 0 Å². The van der Waals surface area contributed by atoms with E-state index in [2.05, 4.69) is 10.3 Å². The molecule has 0 aliphatic carbocycles. The molecule has 32 heavy (non-hydrogen) atoms. The minimum atomic E-state index is -4.80. The zero-order valence-electron chi connectivity index (χ0n) is 16.5. The summed E-state index contributed by atoms with van der Waals surface area (Å²) >= 11 is 6.10. The number of aryl methyl sites for hydroxylation is 1. The molecule has 168 valence electrons. The fraction of sp³-hybridized carbons (Fsp3) is 0.211. The number of amides is 1. The molecule has 3 aromatic rings. The Labute approximate surface area is 182 Å². The normalized spacial score (nSPS) is 12.6. The van der Waals surface area contributed by atoms with Gasteiger partial charge < -0.3 is 15.6 Å². The monoisotopic (exact) mass is 469 g/mol. The maximum Gasteiger partial charge on any atom is 0.416 e. The first-order chi connectivity index (χ1) is 14.8. The number of hydrogen-bond donors (Lipinski definition) is 2. The highest BCUT2D eigenvalue weighted by molar-refractivity contribution is 6.34. The van der Waals surface area contributed by atoms with Crippen LogP contribution in [-0.2, 0) is 13.2 Å². The number of anilines is 1. The third-order valence-electron chi connectivity index (χ3n) is 4.80. The number of non-ortho nitro benzene ring substituents is 1. The second-order valence-corrected chi connectivity index (χ2v) is 7.28. The minimum Gasteiger partial charge on any atom is -0.365 e. The number of fused-ring (bicyclic) bond motifs is 1. The lowest BCUT2D eigenvalue weighted by molar-refractivity contribution is -0.385. The van der Waals surface area contributed by atoms with E-state index in [4.69, 9.17) is 17.3 Å². The second-order valence-electron chi connectivity index (χ2n) is 6.92. The smallest absolute Gasteiger partial charge is 0.365 e. The summed E-state index contributed by atoms with van der Waals surface area (Å²) in [6.45, 7) is 1.46. The van der Waals surface area contributed by atoms with E-state index in [1.54, 1.807) is 0 Å². The Bertz CT molecular complexity index is 1320. The number of hydrogen-bond acceptors (Lipinski definition) is 6. The lowest BCUT2D eigenvalue weighted by Gasteiger charge is -2.19. The summed E-state index contributed by atoms with van der Waals surface area (Å²) in [5.41, 5.74) is 2.84. The molecule has 0 spiro atoms. The molecule has 9 nitrogen and oxygen atoms in total. The molecule has 1 aromatic carbocycles. The minimum absolute atomic E-state index is 0.0400. The maximum atomic E-state index is 13.2. The largest absolute Gasteiger partial charge is 0.416 e. The van der Waals surface area contributed by atoms with Crippen molar-refractivity contribution >= 4 is 39.9 Å². The van der Waals surface area contributed by atoms with E-state index in [9.17, 15) is 32.9 Å². The predicted molar refractivity (Wildman–Crippen MR) is 111 cm³/mol. The van der Waals surface area contributed by atoms with Gasteiger partial charge in [0.1, 0.15) is 16.5 Å². The Morgan fingerprint density at radius 2 is 1.97 bits per heavy atom. The summed E-state index contributed by atoms with van der Waals surface area (Å²) in [6.07, 6.45) is -4.80. The molecule has 0 radical (unpaired) electrons. The molecule has 0 bridgehead atoms. The van der Waals surface area contributed by atoms with Gasteiger partial charge in [-0.15, -0.1) is 0 Å². The molecule has 2 aromatic heterocycles. The third kappa shape index (κ3) is 4.21. The number of rotatable bonds is 5. The van der Waals surface area contributed by atoms with Crippen LogP contribution in [0.15, 0.2) is 35.1 Å². The van der Waals surface area contributed by atoms with Crippen LogP contribution in [0.25, 0.3) is 10.9 Å². The molecule has 0 unspecified atom stereocenters. The van der Waals surface area contributed by atoms with E-state index in [-0.39, 0.29) is 33.0 Å². The zero-order chi connectivity index (χ0) is 24.0. The SMILES string of the molecule is C[C@@H](Nc1nc(Cl)c(C(N)=O)c2c1ccc(=O)n2C)c1cc([N+](=O)[O-])cc(C(F)(F)F)c1. The van der Waals surface area contributed by atoms with Crippen molar-refractivity contribution in [2.75, 3.05) is 5.32 Å². The summed E-state index contributed by atoms with van der Waals surface area (Å²) < 4.78 is 40.8. The van der Waals surface area contributed by atoms with Crippen LogP contribution in [0, 0.1) is 10.1 Å². The molecule has 1 atom stereocenters. The lowest BCUT2D eigenvalue weighted by atomic mass is 10.0. The summed E-state index contributed by atoms with van der Waals surface area (Å²) in [4.78, 5) is 38.2. The molecule has 0 saturated carbocycles. The van der Waals surface area contributed by atoms with Gasteiger partial charge >= 0.3 is 6.18 Å². The molecule has 2 heterocycles. The number of primary amides is 1. The van der Waals surface area contributed by atoms with E-state index < -0.39 is 39.9 Å². The predicted octanol–water partition coefficient (Wildman–Crippen LogP) is 3.79. The molecule has 0 fully saturated rings. The maximum absolute atomic E-state index is 13.2. The molecule has 13 heteroatoms. The Morgan fingerprint density at radius 3 is 2.53 bits per heavy atom. The first-order valence-corrected chi connectivity index (χ1v) is 9.31. The second kappa shape index (κ2) is 8.11. The van der Waals surface area contributed by atoms with Crippen LogP contribution >= 0.6 is 11.6 Å². The summed E-state index contributed by atoms with van der Waals surface area (Å²) in [5, 5.41) is 13.9. The molecular formula is C19H15ClF3N5O4. The van der Waals surface area contributed by atoms with Gasteiger partial charge in [0.25, 0.3) is 17.2 Å². The van der Waals surface area contributed by atoms with Crippen LogP contribution in [-0.4, -0.2) is 20.4 Å². The van der Waals surface area contributed by atoms with Gasteiger partial charge in [-0.05, 0) is 24.6 Å². The van der Waals surface area contributed by atoms with Crippen LogP contribution in [0.2, 0.25) is 5.15 Å². The van der Waals surface area contributed by atoms with Crippen molar-refractivity contribution in [3.63, 3.8) is 0 Å². The van der Waals surface area contributed by atoms with Crippen molar-refractivity contribution in [1.29, 1.82) is 0 Å². The fourth-order valence-corrected chi connectivity index (χ4v) is 3.48. The Hall–Kier alpha value is -3.67. The van der Waals surface area contributed by atoms with Crippen molar-refractivity contribution < 1.29 is 22.9 Å². The zero-order valence-corrected chi connectivity index (χ0v) is 17.3. The number of nitrogens with one attached hydrogen (secondary N) is 1. The van der Waals surface area contributed by atoms with Crippen LogP contribution in [0.4, 0.5) is 24.7 Å². The number of pyridine rings is 2. The number of nitrogens with zero attached hydrogens (tertiary/aromatic N) is 3. The Balaban J connectivity index is 2.17. The number of benzene rings is 1. The van der Waals surface area contributed by atoms with E-state index in [1.165, 1.54) is 26.1 Å². The molecule has 0 aliphatic rings. The fourth-order valence-electron chi connectivity index (χ4n) is 3.21. The standard InChI is InChI=1S/C19H15ClF3N5O4/c1-8(9-5-10(19(21,22)23)7-11(6-9)28(31)32)25-18-12-3-4-13(29)27(2)15(12)14(17(24)30)16(20)26-18/h3-8H,1-2H3,(H2,24,30)(H,25,26)/t8-/m1/s1. The number of carbonyl (C=O) groups is 1. The van der Waals surface area contributed by atoms with Crippen molar-refractivity contribution in [3.05, 3.63) is 72.6 Å². The van der Waals surface area contributed by atoms with Crippen LogP contribution in [0.5, 0.6) is 0 Å². The van der Waals surface area contributed by atoms with Gasteiger partial charge in [-0.3, -0.25) is 19.7 Å². The van der Waals surface area contributed by atoms with Gasteiger partial charge in [-0.2, -0.15) is 13.2 Å². The van der Waals surface area contributed by atoms with E-state index in [0.29, 0.717) is 6.07 Å². The van der Waals surface area contributed by atoms with Gasteiger partial charge in [-0.25, -0.2) is 4.98 Å². The lowest BCUT2D eigenvalue weighted by Crippen LogP contribution is -2.22. The number of nitrogens with two attached hydrogens (primary N) is 1. The number of halogens is 4. The summed E-state index contributed by atoms with van der Waals surface area (Å²) in [5.74, 6) is -0.889. The van der Waals surface area contributed by atoms with Crippen LogP contribution in [0.3, 0.4) is 0 Å². The quantitative estimate of drug-likeness (QED) is 0.332. The third-order valence-corrected chi connectivity index (χ3v) is 5.07. The molecule has 0 aliphatic heterocycles. The molecule has 0 saturated heterocycles. The highest BCUT2D eigenvalue weighted by Gasteiger charge is 2.33. The number of carbonyl (C=O) groups excluding carboxylic acids is 1. The number of nitro benzene ring substituents is 1. The first kappa shape index (κ1) is 23.0. The van der Waals surface area contributed by atoms with Gasteiger partial charge in [0.15, 0.2) is 0 Å². The van der Waals surface area contributed by atoms with Crippen molar-refractivity contribution in [2.45, 2.75) is 19.1 Å². The van der Waals surface area contributed by atoms with E-state index >= 15 is 0 Å². The average Bonchev–Trinajstić information content (AvgIpc) is 2.69. The molecule has 1 amide bonds. The summed E-state index contributed by atoms with van der Waals surface area (Å²) in [7, 11) is 1.39. The van der Waals surface area contributed by atoms with Gasteiger partial charge in [0, 0.05) is 30.6 Å². The molecule has 3 rings (SSSR count). The van der Waals surface area contributed by atoms with Crippen LogP contribution in [0.1, 0.15) is 34.5 Å². The van der Waals surface area contributed by atoms with Gasteiger partial charge in [-0.1, -0.05) is 11.6 Å². The van der Waals surface area contributed by atoms with E-state index in [1.807, 2.05) is 0 Å². The first-order valence-electron chi connectivity index (χ1n) is 8.93. The van der Waals surface area contributed by atoms with Crippen molar-refractivity contribution in [1.82, 2.24) is 9.55 Å². The number of alkyl halides is 3. The Morgan fingerprint density at radius 1 is 1.31 bits per heavy atom.